The summed E-state index contributed by atoms with van der Waals surface area (Å²) in [5, 5.41) is 13.2. The zero-order valence-electron chi connectivity index (χ0n) is 15.3. The molecule has 1 aromatic carbocycles. The van der Waals surface area contributed by atoms with Crippen LogP contribution in [0.25, 0.3) is 6.08 Å². The molecule has 1 unspecified atom stereocenters. The molecule has 1 amide bonds. The van der Waals surface area contributed by atoms with E-state index >= 15 is 0 Å². The van der Waals surface area contributed by atoms with Crippen molar-refractivity contribution in [3.05, 3.63) is 65.7 Å². The van der Waals surface area contributed by atoms with E-state index in [1.54, 1.807) is 18.5 Å². The number of piperidine rings is 1. The molecule has 7 nitrogen and oxygen atoms in total. The molecule has 1 N–H and O–H groups in total. The minimum atomic E-state index is -0.930. The predicted molar refractivity (Wildman–Crippen MR) is 103 cm³/mol. The molecule has 7 heteroatoms. The number of hydrogen-bond acceptors (Lipinski definition) is 4. The van der Waals surface area contributed by atoms with Gasteiger partial charge in [0.15, 0.2) is 0 Å². The molecule has 2 aliphatic rings. The molecule has 28 heavy (non-hydrogen) atoms. The van der Waals surface area contributed by atoms with Crippen molar-refractivity contribution in [3.8, 4) is 5.75 Å². The Hall–Kier alpha value is -3.35. The van der Waals surface area contributed by atoms with Crippen LogP contribution in [0.3, 0.4) is 0 Å². The van der Waals surface area contributed by atoms with Crippen LogP contribution in [0.5, 0.6) is 5.75 Å². The summed E-state index contributed by atoms with van der Waals surface area (Å²) in [7, 11) is 0. The second-order valence-electron chi connectivity index (χ2n) is 6.96. The van der Waals surface area contributed by atoms with Gasteiger partial charge >= 0.3 is 5.97 Å². The second kappa shape index (κ2) is 7.72. The Kier molecular flexibility index (Phi) is 4.97. The fourth-order valence-corrected chi connectivity index (χ4v) is 3.77. The monoisotopic (exact) mass is 379 g/mol. The number of carbonyl (C=O) groups is 2. The summed E-state index contributed by atoms with van der Waals surface area (Å²) in [6.07, 6.45) is 8.46. The van der Waals surface area contributed by atoms with Crippen LogP contribution in [0, 0.1) is 0 Å². The normalized spacial score (nSPS) is 18.6. The highest BCUT2D eigenvalue weighted by molar-refractivity contribution is 6.01. The molecule has 1 fully saturated rings. The number of aromatic nitrogens is 2. The molecular weight excluding hydrogens is 358 g/mol. The Morgan fingerprint density at radius 3 is 2.96 bits per heavy atom. The average Bonchev–Trinajstić information content (AvgIpc) is 3.04. The van der Waals surface area contributed by atoms with E-state index in [2.05, 4.69) is 5.10 Å². The van der Waals surface area contributed by atoms with Crippen molar-refractivity contribution in [2.75, 3.05) is 13.1 Å². The van der Waals surface area contributed by atoms with Gasteiger partial charge in [0.05, 0.1) is 6.26 Å². The van der Waals surface area contributed by atoms with E-state index in [0.29, 0.717) is 18.7 Å². The van der Waals surface area contributed by atoms with Gasteiger partial charge in [-0.25, -0.2) is 0 Å². The zero-order chi connectivity index (χ0) is 19.5. The summed E-state index contributed by atoms with van der Waals surface area (Å²) in [5.41, 5.74) is 2.30. The summed E-state index contributed by atoms with van der Waals surface area (Å²) in [4.78, 5) is 26.0. The molecule has 0 radical (unpaired) electrons. The van der Waals surface area contributed by atoms with Gasteiger partial charge in [-0.1, -0.05) is 18.2 Å². The first-order valence-corrected chi connectivity index (χ1v) is 9.28. The van der Waals surface area contributed by atoms with Gasteiger partial charge in [-0.15, -0.1) is 0 Å². The van der Waals surface area contributed by atoms with Crippen molar-refractivity contribution in [3.63, 3.8) is 0 Å². The number of carboxylic acid groups (broad SMARTS) is 1. The maximum atomic E-state index is 13.1. The van der Waals surface area contributed by atoms with E-state index in [1.807, 2.05) is 41.3 Å². The Balaban J connectivity index is 1.54. The molecule has 2 aromatic rings. The number of rotatable bonds is 4. The number of benzene rings is 1. The molecular formula is C21H21N3O4. The minimum Gasteiger partial charge on any atom is -0.480 e. The number of aliphatic carboxylic acids is 1. The van der Waals surface area contributed by atoms with E-state index in [9.17, 15) is 9.59 Å². The SMILES string of the molecule is O=C(O)Cn1nccc1C1CCCN(C(=O)C2=Cc3ccccc3OC=C2)C1. The van der Waals surface area contributed by atoms with Crippen molar-refractivity contribution < 1.29 is 19.4 Å². The van der Waals surface area contributed by atoms with Gasteiger partial charge in [0.25, 0.3) is 5.91 Å². The number of nitrogens with zero attached hydrogens (tertiary/aromatic N) is 3. The number of amides is 1. The van der Waals surface area contributed by atoms with Crippen LogP contribution >= 0.6 is 0 Å². The van der Waals surface area contributed by atoms with E-state index < -0.39 is 5.97 Å². The van der Waals surface area contributed by atoms with Crippen LogP contribution in [0.4, 0.5) is 0 Å². The summed E-state index contributed by atoms with van der Waals surface area (Å²) < 4.78 is 7.09. The summed E-state index contributed by atoms with van der Waals surface area (Å²) in [6, 6.07) is 9.43. The van der Waals surface area contributed by atoms with Crippen molar-refractivity contribution >= 4 is 18.0 Å². The molecule has 0 saturated carbocycles. The minimum absolute atomic E-state index is 0.0504. The lowest BCUT2D eigenvalue weighted by atomic mass is 9.94. The summed E-state index contributed by atoms with van der Waals surface area (Å²) in [5.74, 6) is -0.194. The highest BCUT2D eigenvalue weighted by Crippen LogP contribution is 2.29. The van der Waals surface area contributed by atoms with Gasteiger partial charge in [0.1, 0.15) is 12.3 Å². The van der Waals surface area contributed by atoms with Crippen LogP contribution in [0.15, 0.2) is 54.4 Å². The van der Waals surface area contributed by atoms with Crippen LogP contribution in [-0.2, 0) is 16.1 Å². The smallest absolute Gasteiger partial charge is 0.325 e. The number of ether oxygens (including phenoxy) is 1. The Bertz CT molecular complexity index is 960. The van der Waals surface area contributed by atoms with Crippen LogP contribution in [0.1, 0.15) is 30.0 Å². The van der Waals surface area contributed by atoms with Crippen molar-refractivity contribution in [1.82, 2.24) is 14.7 Å². The zero-order valence-corrected chi connectivity index (χ0v) is 15.3. The Morgan fingerprint density at radius 1 is 1.25 bits per heavy atom. The summed E-state index contributed by atoms with van der Waals surface area (Å²) >= 11 is 0. The molecule has 3 heterocycles. The van der Waals surface area contributed by atoms with Crippen molar-refractivity contribution in [2.45, 2.75) is 25.3 Å². The third-order valence-corrected chi connectivity index (χ3v) is 5.08. The van der Waals surface area contributed by atoms with Crippen molar-refractivity contribution in [2.24, 2.45) is 0 Å². The molecule has 2 aliphatic heterocycles. The van der Waals surface area contributed by atoms with E-state index in [1.165, 1.54) is 4.68 Å². The number of carboxylic acids is 1. The average molecular weight is 379 g/mol. The molecule has 0 bridgehead atoms. The van der Waals surface area contributed by atoms with Gasteiger partial charge in [-0.2, -0.15) is 5.10 Å². The van der Waals surface area contributed by atoms with Crippen LogP contribution in [-0.4, -0.2) is 44.8 Å². The first kappa shape index (κ1) is 18.0. The van der Waals surface area contributed by atoms with E-state index in [-0.39, 0.29) is 18.4 Å². The van der Waals surface area contributed by atoms with Gasteiger partial charge in [-0.3, -0.25) is 14.3 Å². The van der Waals surface area contributed by atoms with E-state index in [0.717, 1.165) is 29.8 Å². The lowest BCUT2D eigenvalue weighted by Gasteiger charge is -2.33. The molecule has 144 valence electrons. The number of likely N-dealkylation sites (tertiary alicyclic amines) is 1. The largest absolute Gasteiger partial charge is 0.480 e. The molecule has 0 aliphatic carbocycles. The van der Waals surface area contributed by atoms with E-state index in [4.69, 9.17) is 9.84 Å². The number of hydrogen-bond donors (Lipinski definition) is 1. The van der Waals surface area contributed by atoms with Crippen LogP contribution < -0.4 is 4.74 Å². The molecule has 4 rings (SSSR count). The van der Waals surface area contributed by atoms with Crippen molar-refractivity contribution in [1.29, 1.82) is 0 Å². The Labute approximate surface area is 162 Å². The number of fused-ring (bicyclic) bond motifs is 1. The predicted octanol–water partition coefficient (Wildman–Crippen LogP) is 2.66. The first-order valence-electron chi connectivity index (χ1n) is 9.28. The number of carbonyl (C=O) groups excluding carboxylic acids is 1. The molecule has 1 atom stereocenters. The highest BCUT2D eigenvalue weighted by Gasteiger charge is 2.28. The Morgan fingerprint density at radius 2 is 2.11 bits per heavy atom. The van der Waals surface area contributed by atoms with Crippen LogP contribution in [0.2, 0.25) is 0 Å². The topological polar surface area (TPSA) is 84.7 Å². The first-order chi connectivity index (χ1) is 13.6. The third-order valence-electron chi connectivity index (χ3n) is 5.08. The quantitative estimate of drug-likeness (QED) is 0.883. The van der Waals surface area contributed by atoms with Gasteiger partial charge in [0, 0.05) is 42.0 Å². The third kappa shape index (κ3) is 3.69. The lowest BCUT2D eigenvalue weighted by molar-refractivity contribution is -0.138. The summed E-state index contributed by atoms with van der Waals surface area (Å²) in [6.45, 7) is 1.04. The standard InChI is InChI=1S/C21H21N3O4/c25-20(26)14-24-18(7-9-22-24)17-5-3-10-23(13-17)21(27)16-8-11-28-19-6-2-1-4-15(19)12-16/h1-2,4,6-9,11-12,17H,3,5,10,13-14H2,(H,25,26). The van der Waals surface area contributed by atoms with Gasteiger partial charge < -0.3 is 14.7 Å². The fourth-order valence-electron chi connectivity index (χ4n) is 3.77. The van der Waals surface area contributed by atoms with Gasteiger partial charge in [0.2, 0.25) is 0 Å². The molecule has 0 spiro atoms. The number of para-hydroxylation sites is 1. The molecule has 1 saturated heterocycles. The fraction of sp³-hybridized carbons (Fsp3) is 0.286. The maximum Gasteiger partial charge on any atom is 0.325 e. The molecule has 1 aromatic heterocycles. The maximum absolute atomic E-state index is 13.1. The highest BCUT2D eigenvalue weighted by atomic mass is 16.5. The lowest BCUT2D eigenvalue weighted by Crippen LogP contribution is -2.40. The van der Waals surface area contributed by atoms with Gasteiger partial charge in [-0.05, 0) is 37.1 Å². The second-order valence-corrected chi connectivity index (χ2v) is 6.96.